The van der Waals surface area contributed by atoms with Crippen molar-refractivity contribution in [3.05, 3.63) is 29.8 Å². The van der Waals surface area contributed by atoms with Crippen molar-refractivity contribution in [2.24, 2.45) is 0 Å². The number of nitrogens with zero attached hydrogens (tertiary/aromatic N) is 1. The zero-order valence-electron chi connectivity index (χ0n) is 8.88. The second-order valence-corrected chi connectivity index (χ2v) is 3.84. The number of rotatable bonds is 3. The van der Waals surface area contributed by atoms with E-state index in [9.17, 15) is 4.39 Å². The number of alkyl halides is 1. The molecule has 2 rings (SSSR count). The van der Waals surface area contributed by atoms with Crippen molar-refractivity contribution in [1.82, 2.24) is 5.32 Å². The maximum Gasteiger partial charge on any atom is 0.0911 e. The Morgan fingerprint density at radius 1 is 1.33 bits per heavy atom. The zero-order valence-corrected chi connectivity index (χ0v) is 8.88. The Bertz CT molecular complexity index is 314. The number of benzene rings is 1. The predicted molar refractivity (Wildman–Crippen MR) is 61.0 cm³/mol. The van der Waals surface area contributed by atoms with Crippen molar-refractivity contribution in [3.63, 3.8) is 0 Å². The van der Waals surface area contributed by atoms with Crippen LogP contribution in [0.5, 0.6) is 0 Å². The van der Waals surface area contributed by atoms with Crippen LogP contribution in [-0.4, -0.2) is 26.3 Å². The van der Waals surface area contributed by atoms with E-state index >= 15 is 0 Å². The molecule has 82 valence electrons. The topological polar surface area (TPSA) is 15.3 Å². The van der Waals surface area contributed by atoms with Crippen molar-refractivity contribution in [3.8, 4) is 0 Å². The molecule has 1 aromatic rings. The molecule has 0 bridgehead atoms. The molecule has 2 nitrogen and oxygen atoms in total. The summed E-state index contributed by atoms with van der Waals surface area (Å²) in [5, 5.41) is 3.37. The van der Waals surface area contributed by atoms with Crippen LogP contribution >= 0.6 is 0 Å². The van der Waals surface area contributed by atoms with E-state index < -0.39 is 0 Å². The van der Waals surface area contributed by atoms with Crippen LogP contribution in [0, 0.1) is 0 Å². The Morgan fingerprint density at radius 3 is 3.07 bits per heavy atom. The highest BCUT2D eigenvalue weighted by molar-refractivity contribution is 5.54. The molecule has 1 aromatic carbocycles. The van der Waals surface area contributed by atoms with Gasteiger partial charge in [-0.3, -0.25) is 4.39 Å². The van der Waals surface area contributed by atoms with E-state index in [2.05, 4.69) is 28.4 Å². The standard InChI is InChI=1S/C12H17FN2/c13-6-3-8-15-9-7-14-10-11-4-1-2-5-12(11)15/h1-2,4-5,14H,3,6-10H2. The molecular weight excluding hydrogens is 191 g/mol. The maximum atomic E-state index is 12.2. The molecule has 0 atom stereocenters. The van der Waals surface area contributed by atoms with Gasteiger partial charge in [0.05, 0.1) is 6.67 Å². The lowest BCUT2D eigenvalue weighted by molar-refractivity contribution is 0.471. The minimum Gasteiger partial charge on any atom is -0.370 e. The van der Waals surface area contributed by atoms with Gasteiger partial charge in [-0.2, -0.15) is 0 Å². The normalized spacial score (nSPS) is 15.9. The lowest BCUT2D eigenvalue weighted by Crippen LogP contribution is -2.29. The van der Waals surface area contributed by atoms with E-state index in [-0.39, 0.29) is 6.67 Å². The molecule has 1 N–H and O–H groups in total. The number of nitrogens with one attached hydrogen (secondary N) is 1. The summed E-state index contributed by atoms with van der Waals surface area (Å²) in [6.07, 6.45) is 0.619. The summed E-state index contributed by atoms with van der Waals surface area (Å²) >= 11 is 0. The average Bonchev–Trinajstić information content (AvgIpc) is 2.49. The molecule has 1 aliphatic heterocycles. The van der Waals surface area contributed by atoms with Crippen LogP contribution < -0.4 is 10.2 Å². The molecule has 0 aliphatic carbocycles. The smallest absolute Gasteiger partial charge is 0.0911 e. The van der Waals surface area contributed by atoms with Crippen LogP contribution in [0.25, 0.3) is 0 Å². The first-order chi connectivity index (χ1) is 7.42. The van der Waals surface area contributed by atoms with Crippen molar-refractivity contribution in [1.29, 1.82) is 0 Å². The molecule has 1 aliphatic rings. The Kier molecular flexibility index (Phi) is 3.56. The van der Waals surface area contributed by atoms with E-state index in [0.717, 1.165) is 26.2 Å². The van der Waals surface area contributed by atoms with Crippen molar-refractivity contribution < 1.29 is 4.39 Å². The van der Waals surface area contributed by atoms with Gasteiger partial charge in [0, 0.05) is 31.9 Å². The van der Waals surface area contributed by atoms with Crippen molar-refractivity contribution in [2.45, 2.75) is 13.0 Å². The zero-order chi connectivity index (χ0) is 10.5. The Morgan fingerprint density at radius 2 is 2.20 bits per heavy atom. The molecule has 0 fully saturated rings. The summed E-state index contributed by atoms with van der Waals surface area (Å²) in [6, 6.07) is 8.36. The van der Waals surface area contributed by atoms with Gasteiger partial charge in [-0.15, -0.1) is 0 Å². The van der Waals surface area contributed by atoms with Crippen LogP contribution in [0.4, 0.5) is 10.1 Å². The minimum atomic E-state index is -0.230. The lowest BCUT2D eigenvalue weighted by atomic mass is 10.1. The third kappa shape index (κ3) is 2.48. The first-order valence-electron chi connectivity index (χ1n) is 5.51. The van der Waals surface area contributed by atoms with E-state index in [0.29, 0.717) is 6.42 Å². The van der Waals surface area contributed by atoms with Crippen LogP contribution in [0.3, 0.4) is 0 Å². The predicted octanol–water partition coefficient (Wildman–Crippen LogP) is 1.96. The second kappa shape index (κ2) is 5.12. The summed E-state index contributed by atoms with van der Waals surface area (Å²) < 4.78 is 12.2. The number of hydrogen-bond acceptors (Lipinski definition) is 2. The van der Waals surface area contributed by atoms with Gasteiger partial charge in [0.25, 0.3) is 0 Å². The third-order valence-corrected chi connectivity index (χ3v) is 2.77. The minimum absolute atomic E-state index is 0.230. The van der Waals surface area contributed by atoms with E-state index in [1.807, 2.05) is 6.07 Å². The fraction of sp³-hybridized carbons (Fsp3) is 0.500. The van der Waals surface area contributed by atoms with Crippen molar-refractivity contribution >= 4 is 5.69 Å². The summed E-state index contributed by atoms with van der Waals surface area (Å²) in [5.74, 6) is 0. The average molecular weight is 208 g/mol. The van der Waals surface area contributed by atoms with Gasteiger partial charge in [-0.25, -0.2) is 0 Å². The summed E-state index contributed by atoms with van der Waals surface area (Å²) in [6.45, 7) is 3.45. The van der Waals surface area contributed by atoms with Gasteiger partial charge in [-0.05, 0) is 18.1 Å². The van der Waals surface area contributed by atoms with Gasteiger partial charge in [0.15, 0.2) is 0 Å². The Balaban J connectivity index is 2.17. The molecule has 0 saturated carbocycles. The first kappa shape index (κ1) is 10.4. The Labute approximate surface area is 90.1 Å². The molecule has 0 saturated heterocycles. The van der Waals surface area contributed by atoms with Crippen LogP contribution in [0.2, 0.25) is 0 Å². The molecule has 3 heteroatoms. The van der Waals surface area contributed by atoms with Gasteiger partial charge < -0.3 is 10.2 Å². The monoisotopic (exact) mass is 208 g/mol. The largest absolute Gasteiger partial charge is 0.370 e. The summed E-state index contributed by atoms with van der Waals surface area (Å²) in [4.78, 5) is 2.27. The van der Waals surface area contributed by atoms with Gasteiger partial charge in [0.1, 0.15) is 0 Å². The second-order valence-electron chi connectivity index (χ2n) is 3.84. The molecule has 0 amide bonds. The molecule has 0 aromatic heterocycles. The quantitative estimate of drug-likeness (QED) is 0.816. The molecular formula is C12H17FN2. The molecule has 1 heterocycles. The molecule has 15 heavy (non-hydrogen) atoms. The lowest BCUT2D eigenvalue weighted by Gasteiger charge is -2.23. The highest BCUT2D eigenvalue weighted by atomic mass is 19.1. The summed E-state index contributed by atoms with van der Waals surface area (Å²) in [5.41, 5.74) is 2.57. The highest BCUT2D eigenvalue weighted by Crippen LogP contribution is 2.21. The van der Waals surface area contributed by atoms with Crippen molar-refractivity contribution in [2.75, 3.05) is 31.2 Å². The fourth-order valence-corrected chi connectivity index (χ4v) is 2.01. The maximum absolute atomic E-state index is 12.2. The van der Waals surface area contributed by atoms with E-state index in [1.54, 1.807) is 0 Å². The number of para-hydroxylation sites is 1. The highest BCUT2D eigenvalue weighted by Gasteiger charge is 2.13. The van der Waals surface area contributed by atoms with Gasteiger partial charge >= 0.3 is 0 Å². The third-order valence-electron chi connectivity index (χ3n) is 2.77. The van der Waals surface area contributed by atoms with Gasteiger partial charge in [-0.1, -0.05) is 18.2 Å². The van der Waals surface area contributed by atoms with E-state index in [4.69, 9.17) is 0 Å². The number of hydrogen-bond donors (Lipinski definition) is 1. The van der Waals surface area contributed by atoms with Crippen LogP contribution in [0.1, 0.15) is 12.0 Å². The van der Waals surface area contributed by atoms with E-state index in [1.165, 1.54) is 11.3 Å². The molecule has 0 spiro atoms. The number of halogens is 1. The Hall–Kier alpha value is -1.09. The van der Waals surface area contributed by atoms with Crippen LogP contribution in [0.15, 0.2) is 24.3 Å². The number of anilines is 1. The van der Waals surface area contributed by atoms with Gasteiger partial charge in [0.2, 0.25) is 0 Å². The summed E-state index contributed by atoms with van der Waals surface area (Å²) in [7, 11) is 0. The fourth-order valence-electron chi connectivity index (χ4n) is 2.01. The first-order valence-corrected chi connectivity index (χ1v) is 5.51. The van der Waals surface area contributed by atoms with Crippen LogP contribution in [-0.2, 0) is 6.54 Å². The molecule has 0 radical (unpaired) electrons. The molecule has 0 unspecified atom stereocenters. The number of fused-ring (bicyclic) bond motifs is 1. The SMILES string of the molecule is FCCCN1CCNCc2ccccc21.